The third kappa shape index (κ3) is 6.04. The van der Waals surface area contributed by atoms with Gasteiger partial charge in [0.2, 0.25) is 5.95 Å². The second kappa shape index (κ2) is 9.94. The number of rotatable bonds is 6. The van der Waals surface area contributed by atoms with E-state index < -0.39 is 17.6 Å². The van der Waals surface area contributed by atoms with E-state index in [0.717, 1.165) is 12.3 Å². The molecule has 0 bridgehead atoms. The Kier molecular flexibility index (Phi) is 6.82. The van der Waals surface area contributed by atoms with Gasteiger partial charge in [0.1, 0.15) is 5.82 Å². The summed E-state index contributed by atoms with van der Waals surface area (Å²) in [5.74, 6) is 0.118. The van der Waals surface area contributed by atoms with Crippen molar-refractivity contribution in [3.8, 4) is 0 Å². The summed E-state index contributed by atoms with van der Waals surface area (Å²) in [5.41, 5.74) is 2.84. The number of alkyl halides is 3. The molecule has 4 rings (SSSR count). The first-order chi connectivity index (χ1) is 15.9. The van der Waals surface area contributed by atoms with Crippen LogP contribution in [0.5, 0.6) is 0 Å². The predicted molar refractivity (Wildman–Crippen MR) is 116 cm³/mol. The normalized spacial score (nSPS) is 17.0. The topological polar surface area (TPSA) is 87.6 Å². The molecule has 0 amide bonds. The number of ether oxygens (including phenoxy) is 1. The number of morpholine rings is 1. The Morgan fingerprint density at radius 1 is 1.15 bits per heavy atom. The van der Waals surface area contributed by atoms with E-state index in [1.807, 2.05) is 0 Å². The van der Waals surface area contributed by atoms with E-state index in [2.05, 4.69) is 30.8 Å². The fourth-order valence-corrected chi connectivity index (χ4v) is 3.32. The van der Waals surface area contributed by atoms with E-state index in [1.165, 1.54) is 6.21 Å². The van der Waals surface area contributed by atoms with E-state index in [9.17, 15) is 17.6 Å². The third-order valence-corrected chi connectivity index (χ3v) is 4.91. The second-order valence-corrected chi connectivity index (χ2v) is 7.27. The lowest BCUT2D eigenvalue weighted by atomic mass is 10.0. The van der Waals surface area contributed by atoms with Crippen LogP contribution in [0.4, 0.5) is 35.1 Å². The molecule has 2 aromatic rings. The number of pyridine rings is 1. The molecule has 0 spiro atoms. The number of hydrogen-bond acceptors (Lipinski definition) is 8. The molecule has 1 aliphatic carbocycles. The standard InChI is InChI=1S/C21H21F4N7O/c22-17-13-26-20(30-19(17)32-7-9-33-10-8-32)31-27-12-16-5-2-6-18(29-16)28-15-4-1-3-14(11-15)21(23,24)25/h2,4-6,11-13H,1,3,7-10H2,(H,28,29)(H,26,30,31)/b27-12-. The highest BCUT2D eigenvalue weighted by molar-refractivity contribution is 5.78. The highest BCUT2D eigenvalue weighted by Gasteiger charge is 2.33. The Hall–Kier alpha value is -3.54. The molecule has 0 radical (unpaired) electrons. The smallest absolute Gasteiger partial charge is 0.378 e. The number of hydrogen-bond donors (Lipinski definition) is 2. The number of allylic oxidation sites excluding steroid dienone is 3. The second-order valence-electron chi connectivity index (χ2n) is 7.27. The molecule has 1 fully saturated rings. The van der Waals surface area contributed by atoms with Crippen LogP contribution in [0.2, 0.25) is 0 Å². The molecule has 0 saturated carbocycles. The Morgan fingerprint density at radius 3 is 2.76 bits per heavy atom. The maximum absolute atomic E-state index is 14.1. The Morgan fingerprint density at radius 2 is 1.97 bits per heavy atom. The molecule has 2 N–H and O–H groups in total. The zero-order valence-corrected chi connectivity index (χ0v) is 17.4. The number of halogens is 4. The highest BCUT2D eigenvalue weighted by Crippen LogP contribution is 2.32. The zero-order chi connectivity index (χ0) is 23.3. The summed E-state index contributed by atoms with van der Waals surface area (Å²) in [5, 5.41) is 6.92. The van der Waals surface area contributed by atoms with Gasteiger partial charge in [-0.15, -0.1) is 0 Å². The largest absolute Gasteiger partial charge is 0.412 e. The Bertz CT molecular complexity index is 1080. The minimum atomic E-state index is -4.35. The predicted octanol–water partition coefficient (Wildman–Crippen LogP) is 3.87. The quantitative estimate of drug-likeness (QED) is 0.382. The molecule has 3 heterocycles. The lowest BCUT2D eigenvalue weighted by Gasteiger charge is -2.27. The van der Waals surface area contributed by atoms with Crippen molar-refractivity contribution >= 4 is 23.8 Å². The lowest BCUT2D eigenvalue weighted by Crippen LogP contribution is -2.37. The summed E-state index contributed by atoms with van der Waals surface area (Å²) in [6, 6.07) is 5.01. The molecular weight excluding hydrogens is 442 g/mol. The van der Waals surface area contributed by atoms with E-state index in [-0.39, 0.29) is 18.2 Å². The van der Waals surface area contributed by atoms with Crippen molar-refractivity contribution in [1.29, 1.82) is 0 Å². The van der Waals surface area contributed by atoms with Gasteiger partial charge in [-0.25, -0.2) is 19.8 Å². The van der Waals surface area contributed by atoms with Crippen molar-refractivity contribution in [2.75, 3.05) is 41.9 Å². The summed E-state index contributed by atoms with van der Waals surface area (Å²) >= 11 is 0. The average molecular weight is 463 g/mol. The van der Waals surface area contributed by atoms with Crippen LogP contribution in [0.1, 0.15) is 18.5 Å². The number of hydrazone groups is 1. The molecule has 33 heavy (non-hydrogen) atoms. The first-order valence-electron chi connectivity index (χ1n) is 10.2. The fraction of sp³-hybridized carbons (Fsp3) is 0.333. The molecular formula is C21H21F4N7O. The van der Waals surface area contributed by atoms with Gasteiger partial charge in [0, 0.05) is 24.4 Å². The summed E-state index contributed by atoms with van der Waals surface area (Å²) < 4.78 is 58.2. The first kappa shape index (κ1) is 22.6. The van der Waals surface area contributed by atoms with Crippen LogP contribution in [-0.4, -0.2) is 53.6 Å². The van der Waals surface area contributed by atoms with Crippen LogP contribution in [-0.2, 0) is 4.74 Å². The molecule has 1 saturated heterocycles. The maximum atomic E-state index is 14.1. The minimum absolute atomic E-state index is 0.0425. The van der Waals surface area contributed by atoms with Crippen molar-refractivity contribution in [2.24, 2.45) is 5.10 Å². The van der Waals surface area contributed by atoms with Gasteiger partial charge in [-0.3, -0.25) is 0 Å². The number of nitrogens with zero attached hydrogens (tertiary/aromatic N) is 5. The molecule has 2 aromatic heterocycles. The summed E-state index contributed by atoms with van der Waals surface area (Å²) in [7, 11) is 0. The van der Waals surface area contributed by atoms with Crippen molar-refractivity contribution < 1.29 is 22.3 Å². The van der Waals surface area contributed by atoms with Crippen LogP contribution in [0, 0.1) is 5.82 Å². The first-order valence-corrected chi connectivity index (χ1v) is 10.2. The van der Waals surface area contributed by atoms with Crippen LogP contribution in [0.3, 0.4) is 0 Å². The highest BCUT2D eigenvalue weighted by atomic mass is 19.4. The van der Waals surface area contributed by atoms with Gasteiger partial charge in [0.15, 0.2) is 11.6 Å². The van der Waals surface area contributed by atoms with Crippen molar-refractivity contribution in [3.05, 3.63) is 59.3 Å². The van der Waals surface area contributed by atoms with Crippen LogP contribution >= 0.6 is 0 Å². The number of anilines is 3. The summed E-state index contributed by atoms with van der Waals surface area (Å²) in [6.45, 7) is 2.03. The average Bonchev–Trinajstić information content (AvgIpc) is 2.81. The van der Waals surface area contributed by atoms with Gasteiger partial charge in [-0.05, 0) is 31.1 Å². The van der Waals surface area contributed by atoms with Crippen LogP contribution < -0.4 is 15.6 Å². The van der Waals surface area contributed by atoms with Gasteiger partial charge in [0.25, 0.3) is 0 Å². The molecule has 0 unspecified atom stereocenters. The Labute approximate surface area is 187 Å². The van der Waals surface area contributed by atoms with Crippen LogP contribution in [0.25, 0.3) is 0 Å². The molecule has 1 aliphatic heterocycles. The fourth-order valence-electron chi connectivity index (χ4n) is 3.32. The monoisotopic (exact) mass is 463 g/mol. The van der Waals surface area contributed by atoms with Gasteiger partial charge in [-0.1, -0.05) is 12.1 Å². The molecule has 8 nitrogen and oxygen atoms in total. The van der Waals surface area contributed by atoms with E-state index in [0.29, 0.717) is 49.9 Å². The molecule has 12 heteroatoms. The summed E-state index contributed by atoms with van der Waals surface area (Å²) in [6.07, 6.45) is 1.15. The van der Waals surface area contributed by atoms with Gasteiger partial charge >= 0.3 is 6.18 Å². The lowest BCUT2D eigenvalue weighted by molar-refractivity contribution is -0.0941. The third-order valence-electron chi connectivity index (χ3n) is 4.91. The number of aromatic nitrogens is 3. The SMILES string of the molecule is Fc1cnc(N/N=C\c2cccc(NC3=CCCC(C(F)(F)F)=C3)n2)nc1N1CCOCC1. The van der Waals surface area contributed by atoms with E-state index in [1.54, 1.807) is 29.2 Å². The molecule has 2 aliphatic rings. The van der Waals surface area contributed by atoms with Crippen molar-refractivity contribution in [3.63, 3.8) is 0 Å². The molecule has 174 valence electrons. The van der Waals surface area contributed by atoms with Gasteiger partial charge in [-0.2, -0.15) is 23.3 Å². The molecule has 0 aromatic carbocycles. The summed E-state index contributed by atoms with van der Waals surface area (Å²) in [4.78, 5) is 14.1. The van der Waals surface area contributed by atoms with Crippen LogP contribution in [0.15, 0.2) is 52.9 Å². The van der Waals surface area contributed by atoms with Gasteiger partial charge in [0.05, 0.1) is 31.3 Å². The van der Waals surface area contributed by atoms with E-state index in [4.69, 9.17) is 4.74 Å². The van der Waals surface area contributed by atoms with Crippen molar-refractivity contribution in [1.82, 2.24) is 15.0 Å². The zero-order valence-electron chi connectivity index (χ0n) is 17.4. The van der Waals surface area contributed by atoms with Crippen molar-refractivity contribution in [2.45, 2.75) is 19.0 Å². The van der Waals surface area contributed by atoms with Gasteiger partial charge < -0.3 is 15.0 Å². The maximum Gasteiger partial charge on any atom is 0.412 e. The number of nitrogens with one attached hydrogen (secondary N) is 2. The minimum Gasteiger partial charge on any atom is -0.378 e. The Balaban J connectivity index is 1.40. The molecule has 0 atom stereocenters. The van der Waals surface area contributed by atoms with E-state index >= 15 is 0 Å².